The van der Waals surface area contributed by atoms with Crippen LogP contribution in [0.25, 0.3) is 6.08 Å². The van der Waals surface area contributed by atoms with Crippen LogP contribution in [-0.2, 0) is 7.05 Å². The van der Waals surface area contributed by atoms with Gasteiger partial charge in [0.15, 0.2) is 0 Å². The molecule has 1 aromatic rings. The van der Waals surface area contributed by atoms with Crippen LogP contribution >= 0.6 is 11.6 Å². The molecule has 3 heteroatoms. The topological polar surface area (TPSA) is 17.8 Å². The Morgan fingerprint density at radius 3 is 3.09 bits per heavy atom. The van der Waals surface area contributed by atoms with Gasteiger partial charge in [0, 0.05) is 19.1 Å². The van der Waals surface area contributed by atoms with Crippen LogP contribution in [0, 0.1) is 0 Å². The van der Waals surface area contributed by atoms with Gasteiger partial charge in [-0.1, -0.05) is 6.08 Å². The minimum atomic E-state index is 0.670. The number of hydrogen-bond acceptors (Lipinski definition) is 1. The third kappa shape index (κ3) is 2.76. The standard InChI is InChI=1S/C8H11ClN2/c1-11-7-5-8(10-11)4-2-3-6-9/h2,4-5,7H,3,6H2,1H3. The first-order valence-electron chi connectivity index (χ1n) is 3.55. The van der Waals surface area contributed by atoms with Gasteiger partial charge in [0.25, 0.3) is 0 Å². The van der Waals surface area contributed by atoms with Crippen LogP contribution in [0.15, 0.2) is 18.3 Å². The fraction of sp³-hybridized carbons (Fsp3) is 0.375. The molecule has 0 saturated heterocycles. The van der Waals surface area contributed by atoms with Crippen molar-refractivity contribution in [1.29, 1.82) is 0 Å². The van der Waals surface area contributed by atoms with Crippen molar-refractivity contribution in [3.05, 3.63) is 24.0 Å². The van der Waals surface area contributed by atoms with E-state index in [0.717, 1.165) is 12.1 Å². The SMILES string of the molecule is Cn1ccc(C=CCCCl)n1. The summed E-state index contributed by atoms with van der Waals surface area (Å²) in [6, 6.07) is 1.96. The summed E-state index contributed by atoms with van der Waals surface area (Å²) < 4.78 is 1.78. The van der Waals surface area contributed by atoms with Gasteiger partial charge in [-0.15, -0.1) is 11.6 Å². The first-order valence-corrected chi connectivity index (χ1v) is 4.08. The zero-order valence-electron chi connectivity index (χ0n) is 6.50. The van der Waals surface area contributed by atoms with Crippen molar-refractivity contribution < 1.29 is 0 Å². The summed E-state index contributed by atoms with van der Waals surface area (Å²) in [5, 5.41) is 4.17. The van der Waals surface area contributed by atoms with Gasteiger partial charge in [-0.25, -0.2) is 0 Å². The zero-order chi connectivity index (χ0) is 8.10. The highest BCUT2D eigenvalue weighted by Crippen LogP contribution is 1.98. The van der Waals surface area contributed by atoms with E-state index in [1.807, 2.05) is 31.5 Å². The van der Waals surface area contributed by atoms with E-state index in [1.54, 1.807) is 4.68 Å². The first kappa shape index (κ1) is 8.34. The second-order valence-electron chi connectivity index (χ2n) is 2.29. The Morgan fingerprint density at radius 1 is 1.73 bits per heavy atom. The maximum atomic E-state index is 5.50. The number of aryl methyl sites for hydroxylation is 1. The van der Waals surface area contributed by atoms with E-state index in [2.05, 4.69) is 5.10 Å². The molecule has 0 unspecified atom stereocenters. The van der Waals surface area contributed by atoms with Crippen molar-refractivity contribution in [3.63, 3.8) is 0 Å². The summed E-state index contributed by atoms with van der Waals surface area (Å²) in [7, 11) is 1.90. The van der Waals surface area contributed by atoms with Crippen molar-refractivity contribution in [2.45, 2.75) is 6.42 Å². The Bertz CT molecular complexity index is 240. The first-order chi connectivity index (χ1) is 5.33. The molecule has 0 aliphatic carbocycles. The number of halogens is 1. The summed E-state index contributed by atoms with van der Waals surface area (Å²) in [6.07, 6.45) is 6.82. The van der Waals surface area contributed by atoms with Crippen LogP contribution < -0.4 is 0 Å². The Kier molecular flexibility index (Phi) is 3.17. The molecule has 0 radical (unpaired) electrons. The molecule has 0 saturated carbocycles. The van der Waals surface area contributed by atoms with Crippen LogP contribution in [0.5, 0.6) is 0 Å². The molecule has 60 valence electrons. The Hall–Kier alpha value is -0.760. The molecule has 0 aliphatic heterocycles. The lowest BCUT2D eigenvalue weighted by Gasteiger charge is -1.84. The fourth-order valence-electron chi connectivity index (χ4n) is 0.789. The molecule has 0 N–H and O–H groups in total. The molecule has 0 atom stereocenters. The Morgan fingerprint density at radius 2 is 2.55 bits per heavy atom. The monoisotopic (exact) mass is 170 g/mol. The molecule has 0 aromatic carbocycles. The second-order valence-corrected chi connectivity index (χ2v) is 2.67. The van der Waals surface area contributed by atoms with Crippen molar-refractivity contribution >= 4 is 17.7 Å². The quantitative estimate of drug-likeness (QED) is 0.635. The normalized spacial score (nSPS) is 11.1. The number of nitrogens with zero attached hydrogens (tertiary/aromatic N) is 2. The zero-order valence-corrected chi connectivity index (χ0v) is 7.25. The molecule has 0 spiro atoms. The van der Waals surface area contributed by atoms with E-state index >= 15 is 0 Å². The third-order valence-electron chi connectivity index (χ3n) is 1.30. The van der Waals surface area contributed by atoms with Crippen LogP contribution in [0.3, 0.4) is 0 Å². The van der Waals surface area contributed by atoms with Gasteiger partial charge in [0.05, 0.1) is 5.69 Å². The highest BCUT2D eigenvalue weighted by Gasteiger charge is 1.88. The van der Waals surface area contributed by atoms with Gasteiger partial charge in [0.1, 0.15) is 0 Å². The van der Waals surface area contributed by atoms with Crippen molar-refractivity contribution in [2.75, 3.05) is 5.88 Å². The predicted octanol–water partition coefficient (Wildman–Crippen LogP) is 2.06. The number of alkyl halides is 1. The van der Waals surface area contributed by atoms with Gasteiger partial charge in [0.2, 0.25) is 0 Å². The lowest BCUT2D eigenvalue weighted by atomic mass is 10.3. The van der Waals surface area contributed by atoms with Gasteiger partial charge < -0.3 is 0 Å². The van der Waals surface area contributed by atoms with Crippen LogP contribution in [-0.4, -0.2) is 15.7 Å². The van der Waals surface area contributed by atoms with E-state index in [0.29, 0.717) is 5.88 Å². The van der Waals surface area contributed by atoms with Crippen molar-refractivity contribution in [3.8, 4) is 0 Å². The fourth-order valence-corrected chi connectivity index (χ4v) is 0.915. The van der Waals surface area contributed by atoms with Gasteiger partial charge >= 0.3 is 0 Å². The van der Waals surface area contributed by atoms with Crippen molar-refractivity contribution in [1.82, 2.24) is 9.78 Å². The van der Waals surface area contributed by atoms with E-state index in [4.69, 9.17) is 11.6 Å². The largest absolute Gasteiger partial charge is 0.275 e. The van der Waals surface area contributed by atoms with Crippen molar-refractivity contribution in [2.24, 2.45) is 7.05 Å². The van der Waals surface area contributed by atoms with E-state index < -0.39 is 0 Å². The van der Waals surface area contributed by atoms with Gasteiger partial charge in [-0.3, -0.25) is 4.68 Å². The van der Waals surface area contributed by atoms with E-state index in [9.17, 15) is 0 Å². The van der Waals surface area contributed by atoms with E-state index in [1.165, 1.54) is 0 Å². The minimum Gasteiger partial charge on any atom is -0.275 e. The molecule has 0 fully saturated rings. The molecule has 0 aliphatic rings. The number of allylic oxidation sites excluding steroid dienone is 1. The molecular formula is C8H11ClN2. The maximum absolute atomic E-state index is 5.50. The second kappa shape index (κ2) is 4.19. The smallest absolute Gasteiger partial charge is 0.0847 e. The van der Waals surface area contributed by atoms with Crippen LogP contribution in [0.4, 0.5) is 0 Å². The maximum Gasteiger partial charge on any atom is 0.0847 e. The molecule has 2 nitrogen and oxygen atoms in total. The summed E-state index contributed by atoms with van der Waals surface area (Å²) in [4.78, 5) is 0. The summed E-state index contributed by atoms with van der Waals surface area (Å²) in [6.45, 7) is 0. The molecule has 1 aromatic heterocycles. The third-order valence-corrected chi connectivity index (χ3v) is 1.52. The highest BCUT2D eigenvalue weighted by atomic mass is 35.5. The Balaban J connectivity index is 2.50. The van der Waals surface area contributed by atoms with Crippen LogP contribution in [0.2, 0.25) is 0 Å². The van der Waals surface area contributed by atoms with Gasteiger partial charge in [-0.2, -0.15) is 5.10 Å². The van der Waals surface area contributed by atoms with Gasteiger partial charge in [-0.05, 0) is 18.6 Å². The summed E-state index contributed by atoms with van der Waals surface area (Å²) >= 11 is 5.50. The molecule has 11 heavy (non-hydrogen) atoms. The predicted molar refractivity (Wildman–Crippen MR) is 47.6 cm³/mol. The Labute approximate surface area is 71.5 Å². The summed E-state index contributed by atoms with van der Waals surface area (Å²) in [5.74, 6) is 0.670. The number of aromatic nitrogens is 2. The molecule has 1 heterocycles. The average molecular weight is 171 g/mol. The summed E-state index contributed by atoms with van der Waals surface area (Å²) in [5.41, 5.74) is 0.984. The number of hydrogen-bond donors (Lipinski definition) is 0. The molecular weight excluding hydrogens is 160 g/mol. The van der Waals surface area contributed by atoms with E-state index in [-0.39, 0.29) is 0 Å². The molecule has 0 bridgehead atoms. The lowest BCUT2D eigenvalue weighted by molar-refractivity contribution is 0.764. The molecule has 0 amide bonds. The number of rotatable bonds is 3. The van der Waals surface area contributed by atoms with Crippen LogP contribution in [0.1, 0.15) is 12.1 Å². The molecule has 1 rings (SSSR count). The highest BCUT2D eigenvalue weighted by molar-refractivity contribution is 6.17. The minimum absolute atomic E-state index is 0.670. The average Bonchev–Trinajstić information content (AvgIpc) is 2.37. The lowest BCUT2D eigenvalue weighted by Crippen LogP contribution is -1.86.